The van der Waals surface area contributed by atoms with Gasteiger partial charge in [-0.1, -0.05) is 30.3 Å². The topological polar surface area (TPSA) is 9.86 Å². The summed E-state index contributed by atoms with van der Waals surface area (Å²) in [7, 11) is 0. The maximum Gasteiger partial charge on any atom is 0.406 e. The fourth-order valence-corrected chi connectivity index (χ4v) is 4.13. The number of hydrogen-bond acceptors (Lipinski definition) is 0. The Kier molecular flexibility index (Phi) is 4.48. The smallest absolute Gasteiger partial charge is 0.342 e. The van der Waals surface area contributed by atoms with Crippen LogP contribution in [0.1, 0.15) is 36.8 Å². The molecule has 0 aliphatic rings. The summed E-state index contributed by atoms with van der Waals surface area (Å²) >= 11 is 0. The molecule has 0 aliphatic carbocycles. The number of aryl methyl sites for hydroxylation is 1. The third-order valence-electron chi connectivity index (χ3n) is 5.24. The summed E-state index contributed by atoms with van der Waals surface area (Å²) in [5.41, 5.74) is 4.63. The van der Waals surface area contributed by atoms with E-state index in [-0.39, 0.29) is 0 Å². The highest BCUT2D eigenvalue weighted by molar-refractivity contribution is 5.83. The highest BCUT2D eigenvalue weighted by Gasteiger charge is 2.29. The van der Waals surface area contributed by atoms with Crippen molar-refractivity contribution in [2.45, 2.75) is 46.0 Å². The maximum atomic E-state index is 13.0. The molecule has 5 heteroatoms. The Balaban J connectivity index is 1.78. The van der Waals surface area contributed by atoms with Gasteiger partial charge in [0.25, 0.3) is 0 Å². The molecule has 0 fully saturated rings. The SMILES string of the molecule is Cc1cc2ccc(Cc3cc4ccccc4n3C(C)C)cc2n1CC(F)(F)F. The summed E-state index contributed by atoms with van der Waals surface area (Å²) in [5, 5.41) is 2.03. The lowest BCUT2D eigenvalue weighted by Crippen LogP contribution is -2.18. The van der Waals surface area contributed by atoms with Gasteiger partial charge in [0, 0.05) is 34.9 Å². The minimum Gasteiger partial charge on any atom is -0.342 e. The Hall–Kier alpha value is -2.69. The van der Waals surface area contributed by atoms with Gasteiger partial charge in [-0.05, 0) is 61.4 Å². The first kappa shape index (κ1) is 18.7. The van der Waals surface area contributed by atoms with Crippen LogP contribution in [0, 0.1) is 6.92 Å². The molecular weight excluding hydrogens is 361 g/mol. The number of alkyl halides is 3. The Morgan fingerprint density at radius 1 is 0.893 bits per heavy atom. The van der Waals surface area contributed by atoms with Crippen molar-refractivity contribution in [2.24, 2.45) is 0 Å². The average molecular weight is 384 g/mol. The molecule has 0 atom stereocenters. The van der Waals surface area contributed by atoms with Gasteiger partial charge in [0.2, 0.25) is 0 Å². The molecule has 28 heavy (non-hydrogen) atoms. The zero-order chi connectivity index (χ0) is 20.1. The van der Waals surface area contributed by atoms with Crippen LogP contribution < -0.4 is 0 Å². The second kappa shape index (κ2) is 6.73. The second-order valence-corrected chi connectivity index (χ2v) is 7.72. The molecule has 0 spiro atoms. The van der Waals surface area contributed by atoms with E-state index in [9.17, 15) is 13.2 Å². The van der Waals surface area contributed by atoms with E-state index < -0.39 is 12.7 Å². The van der Waals surface area contributed by atoms with E-state index in [0.29, 0.717) is 23.7 Å². The van der Waals surface area contributed by atoms with Crippen LogP contribution in [0.25, 0.3) is 21.8 Å². The van der Waals surface area contributed by atoms with Crippen LogP contribution in [-0.2, 0) is 13.0 Å². The van der Waals surface area contributed by atoms with Gasteiger partial charge in [-0.15, -0.1) is 0 Å². The van der Waals surface area contributed by atoms with E-state index in [0.717, 1.165) is 10.9 Å². The second-order valence-electron chi connectivity index (χ2n) is 7.72. The van der Waals surface area contributed by atoms with E-state index in [1.54, 1.807) is 6.92 Å². The predicted molar refractivity (Wildman–Crippen MR) is 108 cm³/mol. The Labute approximate surface area is 162 Å². The van der Waals surface area contributed by atoms with Gasteiger partial charge in [-0.3, -0.25) is 0 Å². The van der Waals surface area contributed by atoms with E-state index in [4.69, 9.17) is 0 Å². The molecule has 2 aromatic heterocycles. The van der Waals surface area contributed by atoms with Crippen LogP contribution in [0.5, 0.6) is 0 Å². The number of para-hydroxylation sites is 1. The van der Waals surface area contributed by atoms with Crippen LogP contribution in [0.3, 0.4) is 0 Å². The standard InChI is InChI=1S/C23H23F3N2/c1-15(2)28-20(13-18-6-4-5-7-21(18)28)11-17-8-9-19-10-16(3)27(22(19)12-17)14-23(24,25)26/h4-10,12-13,15H,11,14H2,1-3H3. The number of aromatic nitrogens is 2. The minimum atomic E-state index is -4.24. The third kappa shape index (κ3) is 3.41. The fraction of sp³-hybridized carbons (Fsp3) is 0.304. The van der Waals surface area contributed by atoms with Gasteiger partial charge in [-0.2, -0.15) is 13.2 Å². The molecule has 2 heterocycles. The van der Waals surface area contributed by atoms with Crippen LogP contribution in [0.4, 0.5) is 13.2 Å². The van der Waals surface area contributed by atoms with Gasteiger partial charge >= 0.3 is 6.18 Å². The van der Waals surface area contributed by atoms with Crippen molar-refractivity contribution in [3.8, 4) is 0 Å². The van der Waals surface area contributed by atoms with Gasteiger partial charge in [0.1, 0.15) is 6.54 Å². The molecule has 0 amide bonds. The summed E-state index contributed by atoms with van der Waals surface area (Å²) < 4.78 is 42.7. The van der Waals surface area contributed by atoms with Crippen molar-refractivity contribution in [1.29, 1.82) is 0 Å². The summed E-state index contributed by atoms with van der Waals surface area (Å²) in [6.07, 6.45) is -3.56. The molecule has 0 bridgehead atoms. The van der Waals surface area contributed by atoms with Gasteiger partial charge in [-0.25, -0.2) is 0 Å². The summed E-state index contributed by atoms with van der Waals surface area (Å²) in [4.78, 5) is 0. The predicted octanol–water partition coefficient (Wildman–Crippen LogP) is 6.64. The monoisotopic (exact) mass is 384 g/mol. The molecule has 0 saturated carbocycles. The molecule has 4 rings (SSSR count). The Morgan fingerprint density at radius 2 is 1.61 bits per heavy atom. The van der Waals surface area contributed by atoms with Crippen LogP contribution >= 0.6 is 0 Å². The zero-order valence-electron chi connectivity index (χ0n) is 16.2. The maximum absolute atomic E-state index is 13.0. The van der Waals surface area contributed by atoms with Crippen molar-refractivity contribution >= 4 is 21.8 Å². The molecule has 4 aromatic rings. The number of fused-ring (bicyclic) bond motifs is 2. The zero-order valence-corrected chi connectivity index (χ0v) is 16.2. The number of nitrogens with zero attached hydrogens (tertiary/aromatic N) is 2. The Bertz CT molecular complexity index is 1150. The minimum absolute atomic E-state index is 0.301. The first-order valence-corrected chi connectivity index (χ1v) is 9.47. The molecule has 0 radical (unpaired) electrons. The first-order chi connectivity index (χ1) is 13.2. The van der Waals surface area contributed by atoms with E-state index in [1.165, 1.54) is 21.2 Å². The molecule has 0 N–H and O–H groups in total. The lowest BCUT2D eigenvalue weighted by Gasteiger charge is -2.15. The fourth-order valence-electron chi connectivity index (χ4n) is 4.13. The molecule has 0 saturated heterocycles. The van der Waals surface area contributed by atoms with Crippen LogP contribution in [0.15, 0.2) is 54.6 Å². The number of benzene rings is 2. The quantitative estimate of drug-likeness (QED) is 0.373. The van der Waals surface area contributed by atoms with Crippen LogP contribution in [-0.4, -0.2) is 15.3 Å². The number of rotatable bonds is 4. The largest absolute Gasteiger partial charge is 0.406 e. The van der Waals surface area contributed by atoms with E-state index >= 15 is 0 Å². The van der Waals surface area contributed by atoms with Gasteiger partial charge < -0.3 is 9.13 Å². The van der Waals surface area contributed by atoms with Crippen molar-refractivity contribution in [3.63, 3.8) is 0 Å². The Morgan fingerprint density at radius 3 is 2.32 bits per heavy atom. The highest BCUT2D eigenvalue weighted by Crippen LogP contribution is 2.29. The van der Waals surface area contributed by atoms with Crippen molar-refractivity contribution in [2.75, 3.05) is 0 Å². The molecule has 2 aromatic carbocycles. The molecule has 0 aliphatic heterocycles. The van der Waals surface area contributed by atoms with Crippen LogP contribution in [0.2, 0.25) is 0 Å². The first-order valence-electron chi connectivity index (χ1n) is 9.47. The lowest BCUT2D eigenvalue weighted by atomic mass is 10.1. The summed E-state index contributed by atoms with van der Waals surface area (Å²) in [6, 6.07) is 18.4. The van der Waals surface area contributed by atoms with Gasteiger partial charge in [0.05, 0.1) is 0 Å². The lowest BCUT2D eigenvalue weighted by molar-refractivity contribution is -0.140. The highest BCUT2D eigenvalue weighted by atomic mass is 19.4. The van der Waals surface area contributed by atoms with E-state index in [1.807, 2.05) is 36.4 Å². The van der Waals surface area contributed by atoms with Gasteiger partial charge in [0.15, 0.2) is 0 Å². The average Bonchev–Trinajstić information content (AvgIpc) is 3.11. The number of hydrogen-bond donors (Lipinski definition) is 0. The van der Waals surface area contributed by atoms with Crippen molar-refractivity contribution < 1.29 is 13.2 Å². The summed E-state index contributed by atoms with van der Waals surface area (Å²) in [6.45, 7) is 5.06. The third-order valence-corrected chi connectivity index (χ3v) is 5.24. The molecule has 146 valence electrons. The normalized spacial score (nSPS) is 12.5. The molecule has 0 unspecified atom stereocenters. The van der Waals surface area contributed by atoms with Crippen molar-refractivity contribution in [3.05, 3.63) is 71.5 Å². The summed E-state index contributed by atoms with van der Waals surface area (Å²) in [5.74, 6) is 0. The van der Waals surface area contributed by atoms with E-state index in [2.05, 4.69) is 36.6 Å². The van der Waals surface area contributed by atoms with Crippen molar-refractivity contribution in [1.82, 2.24) is 9.13 Å². The molecule has 2 nitrogen and oxygen atoms in total. The molecular formula is C23H23F3N2. The number of halogens is 3.